The Morgan fingerprint density at radius 2 is 1.97 bits per heavy atom. The number of ether oxygens (including phenoxy) is 1. The number of aliphatic carboxylic acids is 1. The lowest BCUT2D eigenvalue weighted by atomic mass is 9.64. The smallest absolute Gasteiger partial charge is 0.308 e. The van der Waals surface area contributed by atoms with Crippen LogP contribution in [0.25, 0.3) is 0 Å². The average Bonchev–Trinajstić information content (AvgIpc) is 2.67. The molecule has 170 valence electrons. The van der Waals surface area contributed by atoms with E-state index in [2.05, 4.69) is 0 Å². The van der Waals surface area contributed by atoms with Crippen LogP contribution < -0.4 is 0 Å². The number of esters is 1. The van der Waals surface area contributed by atoms with Gasteiger partial charge in [-0.15, -0.1) is 0 Å². The summed E-state index contributed by atoms with van der Waals surface area (Å²) in [6, 6.07) is 0. The second kappa shape index (κ2) is 11.0. The maximum absolute atomic E-state index is 12.5. The third-order valence-electron chi connectivity index (χ3n) is 6.73. The van der Waals surface area contributed by atoms with Gasteiger partial charge in [0.05, 0.1) is 24.5 Å². The summed E-state index contributed by atoms with van der Waals surface area (Å²) in [6.07, 6.45) is 3.17. The van der Waals surface area contributed by atoms with Crippen LogP contribution in [-0.2, 0) is 19.1 Å². The fourth-order valence-electron chi connectivity index (χ4n) is 4.74. The summed E-state index contributed by atoms with van der Waals surface area (Å²) in [4.78, 5) is 35.7. The summed E-state index contributed by atoms with van der Waals surface area (Å²) in [5.74, 6) is -1.74. The molecule has 1 fully saturated rings. The maximum atomic E-state index is 12.5. The monoisotopic (exact) mass is 424 g/mol. The van der Waals surface area contributed by atoms with E-state index >= 15 is 0 Å². The summed E-state index contributed by atoms with van der Waals surface area (Å²) in [5, 5.41) is 28.8. The largest absolute Gasteiger partial charge is 0.481 e. The van der Waals surface area contributed by atoms with Crippen LogP contribution in [0.4, 0.5) is 0 Å². The van der Waals surface area contributed by atoms with Gasteiger partial charge in [-0.2, -0.15) is 0 Å². The van der Waals surface area contributed by atoms with Gasteiger partial charge < -0.3 is 20.1 Å². The number of rotatable bonds is 10. The van der Waals surface area contributed by atoms with Crippen molar-refractivity contribution in [2.24, 2.45) is 23.7 Å². The van der Waals surface area contributed by atoms with Crippen molar-refractivity contribution < 1.29 is 34.4 Å². The zero-order chi connectivity index (χ0) is 22.4. The van der Waals surface area contributed by atoms with Crippen molar-refractivity contribution in [1.29, 1.82) is 0 Å². The highest BCUT2D eigenvalue weighted by molar-refractivity contribution is 5.93. The summed E-state index contributed by atoms with van der Waals surface area (Å²) >= 11 is 0. The number of aliphatic hydroxyl groups is 2. The molecule has 0 saturated heterocycles. The van der Waals surface area contributed by atoms with Crippen molar-refractivity contribution in [3.63, 3.8) is 0 Å². The molecule has 0 aromatic rings. The molecule has 0 spiro atoms. The zero-order valence-corrected chi connectivity index (χ0v) is 18.3. The Morgan fingerprint density at radius 3 is 2.60 bits per heavy atom. The van der Waals surface area contributed by atoms with Gasteiger partial charge in [-0.3, -0.25) is 14.4 Å². The molecular weight excluding hydrogens is 388 g/mol. The first-order valence-electron chi connectivity index (χ1n) is 11.2. The van der Waals surface area contributed by atoms with E-state index in [1.807, 2.05) is 20.8 Å². The van der Waals surface area contributed by atoms with Gasteiger partial charge >= 0.3 is 11.9 Å². The van der Waals surface area contributed by atoms with Crippen molar-refractivity contribution >= 4 is 17.7 Å². The summed E-state index contributed by atoms with van der Waals surface area (Å²) < 4.78 is 5.88. The highest BCUT2D eigenvalue weighted by atomic mass is 16.5. The third kappa shape index (κ3) is 6.38. The molecule has 1 unspecified atom stereocenters. The number of fused-ring (bicyclic) bond motifs is 1. The lowest BCUT2D eigenvalue weighted by Gasteiger charge is -2.43. The van der Waals surface area contributed by atoms with E-state index in [-0.39, 0.29) is 47.9 Å². The van der Waals surface area contributed by atoms with Crippen LogP contribution in [0.2, 0.25) is 0 Å². The van der Waals surface area contributed by atoms with Gasteiger partial charge in [0.1, 0.15) is 6.10 Å². The van der Waals surface area contributed by atoms with Gasteiger partial charge in [-0.25, -0.2) is 0 Å². The quantitative estimate of drug-likeness (QED) is 0.461. The first-order chi connectivity index (χ1) is 14.1. The van der Waals surface area contributed by atoms with Gasteiger partial charge in [0.2, 0.25) is 0 Å². The molecule has 1 saturated carbocycles. The lowest BCUT2D eigenvalue weighted by Crippen LogP contribution is -2.44. The van der Waals surface area contributed by atoms with Crippen molar-refractivity contribution in [1.82, 2.24) is 0 Å². The van der Waals surface area contributed by atoms with Crippen molar-refractivity contribution in [3.8, 4) is 0 Å². The molecule has 0 aliphatic heterocycles. The van der Waals surface area contributed by atoms with Crippen LogP contribution in [-0.4, -0.2) is 51.4 Å². The van der Waals surface area contributed by atoms with Crippen LogP contribution in [0.5, 0.6) is 0 Å². The minimum Gasteiger partial charge on any atom is -0.481 e. The number of allylic oxidation sites excluding steroid dienone is 1. The minimum absolute atomic E-state index is 0.0128. The van der Waals surface area contributed by atoms with Crippen molar-refractivity contribution in [2.45, 2.75) is 90.4 Å². The van der Waals surface area contributed by atoms with Gasteiger partial charge in [0, 0.05) is 11.8 Å². The third-order valence-corrected chi connectivity index (χ3v) is 6.73. The predicted octanol–water partition coefficient (Wildman–Crippen LogP) is 2.87. The second-order valence-electron chi connectivity index (χ2n) is 9.00. The van der Waals surface area contributed by atoms with E-state index in [1.165, 1.54) is 0 Å². The Bertz CT molecular complexity index is 656. The number of aliphatic hydroxyl groups excluding tert-OH is 2. The normalized spacial score (nSPS) is 29.4. The molecule has 7 nitrogen and oxygen atoms in total. The fourth-order valence-corrected chi connectivity index (χ4v) is 4.74. The maximum Gasteiger partial charge on any atom is 0.308 e. The molecule has 2 aliphatic carbocycles. The number of carbonyl (C=O) groups excluding carboxylic acids is 2. The first-order valence-corrected chi connectivity index (χ1v) is 11.2. The lowest BCUT2D eigenvalue weighted by molar-refractivity contribution is -0.159. The Balaban J connectivity index is 2.09. The van der Waals surface area contributed by atoms with Crippen molar-refractivity contribution in [2.75, 3.05) is 0 Å². The van der Waals surface area contributed by atoms with Gasteiger partial charge in [-0.05, 0) is 56.9 Å². The number of carboxylic acids is 1. The van der Waals surface area contributed by atoms with E-state index in [4.69, 9.17) is 9.84 Å². The molecular formula is C23H36O7. The van der Waals surface area contributed by atoms with Crippen molar-refractivity contribution in [3.05, 3.63) is 11.6 Å². The summed E-state index contributed by atoms with van der Waals surface area (Å²) in [5.41, 5.74) is 1.04. The zero-order valence-electron chi connectivity index (χ0n) is 18.3. The highest BCUT2D eigenvalue weighted by Gasteiger charge is 2.44. The molecule has 30 heavy (non-hydrogen) atoms. The molecule has 0 bridgehead atoms. The average molecular weight is 425 g/mol. The van der Waals surface area contributed by atoms with E-state index in [0.717, 1.165) is 24.8 Å². The Morgan fingerprint density at radius 1 is 1.27 bits per heavy atom. The minimum atomic E-state index is -1.11. The van der Waals surface area contributed by atoms with Crippen LogP contribution >= 0.6 is 0 Å². The predicted molar refractivity (Wildman–Crippen MR) is 111 cm³/mol. The fraction of sp³-hybridized carbons (Fsp3) is 0.783. The molecule has 7 atom stereocenters. The number of carbonyl (C=O) groups is 3. The second-order valence-corrected chi connectivity index (χ2v) is 9.00. The van der Waals surface area contributed by atoms with Crippen LogP contribution in [0.1, 0.15) is 72.1 Å². The van der Waals surface area contributed by atoms with E-state index < -0.39 is 24.6 Å². The first kappa shape index (κ1) is 24.5. The van der Waals surface area contributed by atoms with Gasteiger partial charge in [0.25, 0.3) is 0 Å². The topological polar surface area (TPSA) is 121 Å². The molecule has 7 heteroatoms. The Kier molecular flexibility index (Phi) is 9.04. The summed E-state index contributed by atoms with van der Waals surface area (Å²) in [6.45, 7) is 5.68. The molecule has 0 amide bonds. The van der Waals surface area contributed by atoms with Crippen LogP contribution in [0.15, 0.2) is 11.6 Å². The van der Waals surface area contributed by atoms with Gasteiger partial charge in [0.15, 0.2) is 5.78 Å². The van der Waals surface area contributed by atoms with Gasteiger partial charge in [-0.1, -0.05) is 26.3 Å². The summed E-state index contributed by atoms with van der Waals surface area (Å²) in [7, 11) is 0. The standard InChI is InChI=1S/C23H36O7/c1-4-13(2)23(29)30-20-7-5-6-15-10-19(26)14(3)18(22(15)20)9-8-16(24)11-17(25)12-21(27)28/h10,13-14,16-18,20,22,24-25H,4-9,11-12H2,1-3H3,(H,27,28)/t13?,14-,16+,17+,18+,20-,22-/m0/s1. The van der Waals surface area contributed by atoms with Crippen LogP contribution in [0, 0.1) is 23.7 Å². The van der Waals surface area contributed by atoms with E-state index in [0.29, 0.717) is 19.3 Å². The van der Waals surface area contributed by atoms with E-state index in [9.17, 15) is 24.6 Å². The molecule has 0 heterocycles. The molecule has 2 aliphatic rings. The molecule has 0 aromatic carbocycles. The molecule has 3 N–H and O–H groups in total. The molecule has 2 rings (SSSR count). The highest BCUT2D eigenvalue weighted by Crippen LogP contribution is 2.45. The molecule has 0 radical (unpaired) electrons. The number of hydrogen-bond donors (Lipinski definition) is 3. The number of carboxylic acid groups (broad SMARTS) is 1. The van der Waals surface area contributed by atoms with Crippen LogP contribution in [0.3, 0.4) is 0 Å². The SMILES string of the molecule is CCC(C)C(=O)O[C@H]1CCCC2=CC(=O)[C@@H](C)[C@@H](CC[C@@H](O)C[C@@H](O)CC(=O)O)[C@H]21. The Labute approximate surface area is 178 Å². The number of ketones is 1. The van der Waals surface area contributed by atoms with E-state index in [1.54, 1.807) is 6.08 Å². The molecule has 0 aromatic heterocycles. The Hall–Kier alpha value is -1.73. The number of hydrogen-bond acceptors (Lipinski definition) is 6.